The van der Waals surface area contributed by atoms with Gasteiger partial charge in [-0.1, -0.05) is 53.5 Å². The summed E-state index contributed by atoms with van der Waals surface area (Å²) < 4.78 is 0. The second-order valence-corrected chi connectivity index (χ2v) is 16.8. The molecule has 366 valence electrons. The van der Waals surface area contributed by atoms with Crippen molar-refractivity contribution in [1.29, 1.82) is 0 Å². The Labute approximate surface area is 391 Å². The average Bonchev–Trinajstić information content (AvgIpc) is 3.30. The Kier molecular flexibility index (Phi) is 26.1. The average molecular weight is 978 g/mol. The molecule has 2 heterocycles. The number of nitrogens with one attached hydrogen (secondary N) is 8. The zero-order valence-electron chi connectivity index (χ0n) is 36.3. The van der Waals surface area contributed by atoms with Crippen LogP contribution in [0.25, 0.3) is 0 Å². The van der Waals surface area contributed by atoms with Gasteiger partial charge in [-0.15, -0.1) is 0 Å². The summed E-state index contributed by atoms with van der Waals surface area (Å²) in [6.07, 6.45) is 3.98. The van der Waals surface area contributed by atoms with Crippen molar-refractivity contribution < 1.29 is 68.1 Å². The maximum absolute atomic E-state index is 13.7. The van der Waals surface area contributed by atoms with Gasteiger partial charge in [-0.05, 0) is 56.5 Å². The number of aliphatic carboxylic acids is 3. The Bertz CT molecular complexity index is 2020. The molecule has 4 unspecified atom stereocenters. The lowest BCUT2D eigenvalue weighted by Gasteiger charge is -2.23. The molecule has 0 radical (unpaired) electrons. The van der Waals surface area contributed by atoms with Crippen molar-refractivity contribution in [2.24, 2.45) is 5.73 Å². The first kappa shape index (κ1) is 56.3. The molecule has 13 N–H and O–H groups in total. The molecule has 67 heavy (non-hydrogen) atoms. The SMILES string of the molecule is CCCCC(NC(=O)CNC(=O)C(CSSC[C@H](NC(=O)c1ccccn1)C(=O)NC(CC(=O)O)C(=O)NCC(=O)NC(CCCCN)C(=O)O)NC(=O)c1ccccn1)C(=O)NCC(=O)O. The van der Waals surface area contributed by atoms with Crippen molar-refractivity contribution in [1.82, 2.24) is 52.5 Å². The van der Waals surface area contributed by atoms with Crippen LogP contribution in [0.4, 0.5) is 0 Å². The molecule has 2 aromatic rings. The van der Waals surface area contributed by atoms with Gasteiger partial charge in [0, 0.05) is 23.9 Å². The molecule has 8 amide bonds. The molecule has 0 saturated carbocycles. The van der Waals surface area contributed by atoms with Gasteiger partial charge in [0.15, 0.2) is 0 Å². The van der Waals surface area contributed by atoms with Crippen molar-refractivity contribution in [2.45, 2.75) is 82.1 Å². The summed E-state index contributed by atoms with van der Waals surface area (Å²) in [4.78, 5) is 147. The summed E-state index contributed by atoms with van der Waals surface area (Å²) in [6.45, 7) is 0.0389. The van der Waals surface area contributed by atoms with E-state index >= 15 is 0 Å². The molecule has 0 aliphatic carbocycles. The summed E-state index contributed by atoms with van der Waals surface area (Å²) in [7, 11) is 1.84. The van der Waals surface area contributed by atoms with Crippen LogP contribution in [0, 0.1) is 0 Å². The molecule has 0 aliphatic rings. The van der Waals surface area contributed by atoms with Crippen molar-refractivity contribution in [3.8, 4) is 0 Å². The molecule has 0 spiro atoms. The number of carbonyl (C=O) groups is 11. The predicted octanol–water partition coefficient (Wildman–Crippen LogP) is -2.48. The lowest BCUT2D eigenvalue weighted by atomic mass is 10.1. The van der Waals surface area contributed by atoms with E-state index in [1.54, 1.807) is 6.07 Å². The van der Waals surface area contributed by atoms with Gasteiger partial charge in [-0.2, -0.15) is 0 Å². The zero-order valence-corrected chi connectivity index (χ0v) is 38.0. The molecular formula is C40H55N11O14S2. The highest BCUT2D eigenvalue weighted by Crippen LogP contribution is 2.24. The Hall–Kier alpha value is -6.87. The molecule has 27 heteroatoms. The summed E-state index contributed by atoms with van der Waals surface area (Å²) in [5.41, 5.74) is 5.27. The van der Waals surface area contributed by atoms with Gasteiger partial charge in [0.2, 0.25) is 35.4 Å². The topological polar surface area (TPSA) is 396 Å². The Morgan fingerprint density at radius 2 is 1.03 bits per heavy atom. The first-order valence-corrected chi connectivity index (χ1v) is 23.2. The van der Waals surface area contributed by atoms with E-state index in [1.807, 2.05) is 6.92 Å². The minimum Gasteiger partial charge on any atom is -0.481 e. The normalized spacial score (nSPS) is 12.9. The van der Waals surface area contributed by atoms with Crippen molar-refractivity contribution >= 4 is 86.8 Å². The highest BCUT2D eigenvalue weighted by Gasteiger charge is 2.31. The van der Waals surface area contributed by atoms with Crippen molar-refractivity contribution in [3.63, 3.8) is 0 Å². The highest BCUT2D eigenvalue weighted by atomic mass is 33.1. The van der Waals surface area contributed by atoms with Crippen LogP contribution in [0.2, 0.25) is 0 Å². The van der Waals surface area contributed by atoms with Gasteiger partial charge in [0.25, 0.3) is 11.8 Å². The summed E-state index contributed by atoms with van der Waals surface area (Å²) in [6, 6.07) is 1.80. The number of hydrogen-bond donors (Lipinski definition) is 12. The van der Waals surface area contributed by atoms with E-state index in [4.69, 9.17) is 10.8 Å². The Morgan fingerprint density at radius 1 is 0.552 bits per heavy atom. The number of pyridine rings is 2. The van der Waals surface area contributed by atoms with E-state index in [-0.39, 0.29) is 35.7 Å². The first-order chi connectivity index (χ1) is 31.9. The van der Waals surface area contributed by atoms with E-state index in [9.17, 15) is 63.0 Å². The molecule has 5 atom stereocenters. The molecule has 2 aromatic heterocycles. The number of nitrogens with zero attached hydrogens (tertiary/aromatic N) is 2. The quantitative estimate of drug-likeness (QED) is 0.0267. The van der Waals surface area contributed by atoms with E-state index in [0.29, 0.717) is 32.2 Å². The monoisotopic (exact) mass is 977 g/mol. The largest absolute Gasteiger partial charge is 0.481 e. The molecule has 0 bridgehead atoms. The third-order valence-electron chi connectivity index (χ3n) is 8.94. The van der Waals surface area contributed by atoms with Crippen LogP contribution in [0.3, 0.4) is 0 Å². The smallest absolute Gasteiger partial charge is 0.326 e. The Balaban J connectivity index is 2.22. The number of amides is 8. The van der Waals surface area contributed by atoms with E-state index < -0.39 is 121 Å². The summed E-state index contributed by atoms with van der Waals surface area (Å²) in [5.74, 6) is -11.8. The van der Waals surface area contributed by atoms with Crippen LogP contribution in [-0.2, 0) is 43.2 Å². The second kappa shape index (κ2) is 31.1. The van der Waals surface area contributed by atoms with Crippen molar-refractivity contribution in [3.05, 3.63) is 60.2 Å². The number of unbranched alkanes of at least 4 members (excludes halogenated alkanes) is 2. The van der Waals surface area contributed by atoms with Gasteiger partial charge in [0.1, 0.15) is 48.1 Å². The molecule has 2 rings (SSSR count). The molecule has 0 fully saturated rings. The van der Waals surface area contributed by atoms with Gasteiger partial charge >= 0.3 is 17.9 Å². The minimum absolute atomic E-state index is 0.0556. The van der Waals surface area contributed by atoms with Crippen LogP contribution in [0.1, 0.15) is 72.8 Å². The number of aromatic nitrogens is 2. The molecule has 0 aliphatic heterocycles. The lowest BCUT2D eigenvalue weighted by molar-refractivity contribution is -0.142. The first-order valence-electron chi connectivity index (χ1n) is 20.7. The highest BCUT2D eigenvalue weighted by molar-refractivity contribution is 8.76. The van der Waals surface area contributed by atoms with Gasteiger partial charge in [0.05, 0.1) is 19.5 Å². The lowest BCUT2D eigenvalue weighted by Crippen LogP contribution is -2.56. The fraction of sp³-hybridized carbons (Fsp3) is 0.475. The predicted molar refractivity (Wildman–Crippen MR) is 241 cm³/mol. The van der Waals surface area contributed by atoms with Crippen molar-refractivity contribution in [2.75, 3.05) is 37.7 Å². The number of carboxylic acid groups (broad SMARTS) is 3. The minimum atomic E-state index is -1.79. The third kappa shape index (κ3) is 22.7. The van der Waals surface area contributed by atoms with E-state index in [2.05, 4.69) is 52.5 Å². The zero-order chi connectivity index (χ0) is 49.7. The number of rotatable bonds is 32. The number of nitrogens with two attached hydrogens (primary N) is 1. The standard InChI is InChI=1S/C40H55N11O14S2/c1-2-3-10-25(34(58)46-20-33(56)57)47-30(52)18-45-36(60)28(50-37(61)23-11-5-8-15-42-23)21-66-67-22-29(51-38(62)24-12-6-9-16-43-24)39(63)49-27(17-32(54)55)35(59)44-19-31(53)48-26(40(64)65)13-4-7-14-41/h5-6,8-9,11-12,15-16,25-29H,2-4,7,10,13-14,17-22,41H2,1H3,(H,44,59)(H,45,60)(H,46,58)(H,47,52)(H,48,53)(H,49,63)(H,50,61)(H,51,62)(H,54,55)(H,56,57)(H,64,65)/t25?,26?,27?,28?,29-/m0/s1. The second-order valence-electron chi connectivity index (χ2n) is 14.3. The van der Waals surface area contributed by atoms with Crippen LogP contribution >= 0.6 is 21.6 Å². The summed E-state index contributed by atoms with van der Waals surface area (Å²) in [5, 5.41) is 46.6. The Morgan fingerprint density at radius 3 is 1.49 bits per heavy atom. The molecular weight excluding hydrogens is 923 g/mol. The van der Waals surface area contributed by atoms with Gasteiger partial charge in [-0.25, -0.2) is 4.79 Å². The van der Waals surface area contributed by atoms with E-state index in [0.717, 1.165) is 21.6 Å². The fourth-order valence-corrected chi connectivity index (χ4v) is 7.83. The number of hydrogen-bond acceptors (Lipinski definition) is 16. The number of carbonyl (C=O) groups excluding carboxylic acids is 8. The van der Waals surface area contributed by atoms with Crippen LogP contribution in [0.15, 0.2) is 48.8 Å². The van der Waals surface area contributed by atoms with E-state index in [1.165, 1.54) is 42.7 Å². The summed E-state index contributed by atoms with van der Waals surface area (Å²) >= 11 is 0. The van der Waals surface area contributed by atoms with Gasteiger partial charge in [-0.3, -0.25) is 57.9 Å². The van der Waals surface area contributed by atoms with Crippen LogP contribution in [-0.4, -0.2) is 158 Å². The molecule has 0 saturated heterocycles. The molecule has 0 aromatic carbocycles. The maximum atomic E-state index is 13.7. The van der Waals surface area contributed by atoms with Crippen LogP contribution < -0.4 is 48.3 Å². The van der Waals surface area contributed by atoms with Crippen LogP contribution in [0.5, 0.6) is 0 Å². The number of carboxylic acids is 3. The van der Waals surface area contributed by atoms with Gasteiger partial charge < -0.3 is 63.6 Å². The fourth-order valence-electron chi connectivity index (χ4n) is 5.50. The molecule has 25 nitrogen and oxygen atoms in total. The third-order valence-corrected chi connectivity index (χ3v) is 11.4. The maximum Gasteiger partial charge on any atom is 0.326 e.